The third kappa shape index (κ3) is 1.99. The van der Waals surface area contributed by atoms with Crippen LogP contribution in [0.4, 0.5) is 5.69 Å². The fraction of sp³-hybridized carbons (Fsp3) is 0.333. The Kier molecular flexibility index (Phi) is 2.68. The summed E-state index contributed by atoms with van der Waals surface area (Å²) in [5, 5.41) is 4.05. The van der Waals surface area contributed by atoms with Gasteiger partial charge in [0.2, 0.25) is 0 Å². The third-order valence-corrected chi connectivity index (χ3v) is 2.52. The summed E-state index contributed by atoms with van der Waals surface area (Å²) in [6, 6.07) is 7.47. The van der Waals surface area contributed by atoms with Gasteiger partial charge in [-0.3, -0.25) is 0 Å². The highest BCUT2D eigenvalue weighted by Gasteiger charge is 2.19. The van der Waals surface area contributed by atoms with Gasteiger partial charge >= 0.3 is 0 Å². The zero-order chi connectivity index (χ0) is 10.7. The molecule has 0 fully saturated rings. The van der Waals surface area contributed by atoms with Gasteiger partial charge in [-0.15, -0.1) is 0 Å². The topological polar surface area (TPSA) is 25.9 Å². The molecule has 0 N–H and O–H groups in total. The average Bonchev–Trinajstić information content (AvgIpc) is 2.78. The lowest BCUT2D eigenvalue weighted by Gasteiger charge is -2.02. The summed E-state index contributed by atoms with van der Waals surface area (Å²) in [5.74, 6) is 0. The second-order valence-electron chi connectivity index (χ2n) is 3.54. The maximum Gasteiger partial charge on any atom is 0.187 e. The highest BCUT2D eigenvalue weighted by molar-refractivity contribution is 6.01. The van der Waals surface area contributed by atoms with Gasteiger partial charge in [-0.1, -0.05) is 36.3 Å². The molecule has 0 saturated heterocycles. The van der Waals surface area contributed by atoms with E-state index in [2.05, 4.69) is 16.9 Å². The van der Waals surface area contributed by atoms with E-state index in [4.69, 9.17) is 11.4 Å². The third-order valence-electron chi connectivity index (χ3n) is 2.52. The second kappa shape index (κ2) is 4.14. The Balaban J connectivity index is 2.15. The molecule has 1 aliphatic heterocycles. The molecule has 0 aliphatic carbocycles. The fourth-order valence-corrected chi connectivity index (χ4v) is 1.55. The van der Waals surface area contributed by atoms with Crippen LogP contribution in [0.15, 0.2) is 29.4 Å². The van der Waals surface area contributed by atoms with Crippen LogP contribution in [0.2, 0.25) is 0 Å². The lowest BCUT2D eigenvalue weighted by molar-refractivity contribution is 0.0829. The standard InChI is InChI=1S/C12H12N2O/c1-3-11-8-12(14-15-11)9-4-6-10(13-2)7-5-9/h4-7,11H,3,8H2,1H3. The Labute approximate surface area is 89.2 Å². The van der Waals surface area contributed by atoms with Gasteiger partial charge < -0.3 is 4.84 Å². The molecule has 2 rings (SSSR count). The minimum Gasteiger partial charge on any atom is -0.392 e. The molecule has 0 spiro atoms. The molecule has 0 aromatic heterocycles. The van der Waals surface area contributed by atoms with Crippen molar-refractivity contribution in [2.45, 2.75) is 25.9 Å². The molecule has 0 amide bonds. The highest BCUT2D eigenvalue weighted by Crippen LogP contribution is 2.20. The van der Waals surface area contributed by atoms with E-state index >= 15 is 0 Å². The van der Waals surface area contributed by atoms with Gasteiger partial charge in [0.1, 0.15) is 6.10 Å². The summed E-state index contributed by atoms with van der Waals surface area (Å²) >= 11 is 0. The van der Waals surface area contributed by atoms with Gasteiger partial charge in [-0.25, -0.2) is 4.85 Å². The zero-order valence-electron chi connectivity index (χ0n) is 8.60. The number of hydrogen-bond acceptors (Lipinski definition) is 2. The summed E-state index contributed by atoms with van der Waals surface area (Å²) in [7, 11) is 0. The number of benzene rings is 1. The van der Waals surface area contributed by atoms with Crippen molar-refractivity contribution in [2.24, 2.45) is 5.16 Å². The maximum absolute atomic E-state index is 6.86. The Morgan fingerprint density at radius 3 is 2.73 bits per heavy atom. The molecule has 3 heteroatoms. The van der Waals surface area contributed by atoms with Crippen LogP contribution in [-0.4, -0.2) is 11.8 Å². The van der Waals surface area contributed by atoms with E-state index in [0.717, 1.165) is 24.1 Å². The van der Waals surface area contributed by atoms with E-state index in [1.54, 1.807) is 0 Å². The van der Waals surface area contributed by atoms with Crippen LogP contribution >= 0.6 is 0 Å². The predicted octanol–water partition coefficient (Wildman–Crippen LogP) is 3.14. The summed E-state index contributed by atoms with van der Waals surface area (Å²) in [6.07, 6.45) is 2.07. The largest absolute Gasteiger partial charge is 0.392 e. The molecule has 0 saturated carbocycles. The van der Waals surface area contributed by atoms with Gasteiger partial charge in [0.05, 0.1) is 12.3 Å². The van der Waals surface area contributed by atoms with Crippen LogP contribution in [0, 0.1) is 6.57 Å². The van der Waals surface area contributed by atoms with Crippen molar-refractivity contribution < 1.29 is 4.84 Å². The van der Waals surface area contributed by atoms with E-state index in [1.165, 1.54) is 0 Å². The maximum atomic E-state index is 6.86. The van der Waals surface area contributed by atoms with Gasteiger partial charge in [0.25, 0.3) is 0 Å². The lowest BCUT2D eigenvalue weighted by atomic mass is 10.0. The van der Waals surface area contributed by atoms with Crippen LogP contribution in [0.1, 0.15) is 25.3 Å². The Morgan fingerprint density at radius 1 is 1.47 bits per heavy atom. The van der Waals surface area contributed by atoms with Crippen molar-refractivity contribution in [3.05, 3.63) is 41.2 Å². The first-order chi connectivity index (χ1) is 7.33. The van der Waals surface area contributed by atoms with Crippen molar-refractivity contribution in [1.29, 1.82) is 0 Å². The van der Waals surface area contributed by atoms with Gasteiger partial charge in [0, 0.05) is 6.42 Å². The highest BCUT2D eigenvalue weighted by atomic mass is 16.6. The van der Waals surface area contributed by atoms with Crippen LogP contribution in [-0.2, 0) is 4.84 Å². The molecule has 1 heterocycles. The van der Waals surface area contributed by atoms with Crippen LogP contribution in [0.3, 0.4) is 0 Å². The molecule has 1 aliphatic rings. The Morgan fingerprint density at radius 2 is 2.20 bits per heavy atom. The number of rotatable bonds is 2. The van der Waals surface area contributed by atoms with Crippen molar-refractivity contribution in [3.63, 3.8) is 0 Å². The second-order valence-corrected chi connectivity index (χ2v) is 3.54. The molecule has 1 aromatic carbocycles. The molecule has 1 unspecified atom stereocenters. The molecular weight excluding hydrogens is 188 g/mol. The predicted molar refractivity (Wildman–Crippen MR) is 59.0 cm³/mol. The molecular formula is C12H12N2O. The first kappa shape index (κ1) is 9.72. The zero-order valence-corrected chi connectivity index (χ0v) is 8.60. The average molecular weight is 200 g/mol. The summed E-state index contributed by atoms with van der Waals surface area (Å²) in [4.78, 5) is 8.60. The van der Waals surface area contributed by atoms with E-state index in [-0.39, 0.29) is 6.10 Å². The monoisotopic (exact) mass is 200 g/mol. The minimum absolute atomic E-state index is 0.223. The van der Waals surface area contributed by atoms with E-state index in [0.29, 0.717) is 5.69 Å². The van der Waals surface area contributed by atoms with E-state index < -0.39 is 0 Å². The van der Waals surface area contributed by atoms with Crippen molar-refractivity contribution in [1.82, 2.24) is 0 Å². The molecule has 1 atom stereocenters. The molecule has 1 aromatic rings. The SMILES string of the molecule is [C-]#[N+]c1ccc(C2=NOC(CC)C2)cc1. The summed E-state index contributed by atoms with van der Waals surface area (Å²) < 4.78 is 0. The normalized spacial score (nSPS) is 19.2. The van der Waals surface area contributed by atoms with Crippen molar-refractivity contribution >= 4 is 11.4 Å². The first-order valence-electron chi connectivity index (χ1n) is 5.04. The van der Waals surface area contributed by atoms with Crippen LogP contribution in [0.5, 0.6) is 0 Å². The Hall–Kier alpha value is -1.82. The van der Waals surface area contributed by atoms with Crippen LogP contribution < -0.4 is 0 Å². The van der Waals surface area contributed by atoms with Crippen molar-refractivity contribution in [3.8, 4) is 0 Å². The molecule has 0 bridgehead atoms. The summed E-state index contributed by atoms with van der Waals surface area (Å²) in [6.45, 7) is 8.94. The Bertz CT molecular complexity index is 414. The van der Waals surface area contributed by atoms with E-state index in [9.17, 15) is 0 Å². The van der Waals surface area contributed by atoms with E-state index in [1.807, 2.05) is 24.3 Å². The molecule has 76 valence electrons. The van der Waals surface area contributed by atoms with Crippen molar-refractivity contribution in [2.75, 3.05) is 0 Å². The lowest BCUT2D eigenvalue weighted by Crippen LogP contribution is -2.06. The van der Waals surface area contributed by atoms with Crippen LogP contribution in [0.25, 0.3) is 4.85 Å². The number of hydrogen-bond donors (Lipinski definition) is 0. The first-order valence-corrected chi connectivity index (χ1v) is 5.04. The van der Waals surface area contributed by atoms with Gasteiger partial charge in [-0.2, -0.15) is 0 Å². The molecule has 15 heavy (non-hydrogen) atoms. The number of oxime groups is 1. The summed E-state index contributed by atoms with van der Waals surface area (Å²) in [5.41, 5.74) is 2.70. The number of nitrogens with zero attached hydrogens (tertiary/aromatic N) is 2. The minimum atomic E-state index is 0.223. The quantitative estimate of drug-likeness (QED) is 0.673. The smallest absolute Gasteiger partial charge is 0.187 e. The fourth-order valence-electron chi connectivity index (χ4n) is 1.55. The van der Waals surface area contributed by atoms with Gasteiger partial charge in [0.15, 0.2) is 5.69 Å². The molecule has 3 nitrogen and oxygen atoms in total. The van der Waals surface area contributed by atoms with Gasteiger partial charge in [-0.05, 0) is 12.0 Å². The molecule has 0 radical (unpaired) electrons.